The number of fused-ring (bicyclic) bond motifs is 1. The highest BCUT2D eigenvalue weighted by Gasteiger charge is 2.42. The van der Waals surface area contributed by atoms with Crippen molar-refractivity contribution in [3.8, 4) is 0 Å². The molecule has 0 aromatic carbocycles. The van der Waals surface area contributed by atoms with Crippen molar-refractivity contribution in [3.05, 3.63) is 23.7 Å². The predicted octanol–water partition coefficient (Wildman–Crippen LogP) is 11.1. The van der Waals surface area contributed by atoms with Gasteiger partial charge in [0, 0.05) is 5.41 Å². The molecule has 0 aromatic rings. The number of hydrogen-bond donors (Lipinski definition) is 0. The van der Waals surface area contributed by atoms with Crippen LogP contribution in [0.1, 0.15) is 136 Å². The Balaban J connectivity index is 1.02. The Hall–Kier alpha value is -0.860. The van der Waals surface area contributed by atoms with Gasteiger partial charge in [-0.1, -0.05) is 59.0 Å². The smallest absolute Gasteiger partial charge is 0.177 e. The normalized spacial score (nSPS) is 43.3. The molecule has 5 rings (SSSR count). The topological polar surface area (TPSA) is 9.23 Å². The Bertz CT molecular complexity index is 833. The van der Waals surface area contributed by atoms with Gasteiger partial charge in [-0.25, -0.2) is 8.78 Å². The molecule has 0 aromatic heterocycles. The zero-order chi connectivity index (χ0) is 27.4. The van der Waals surface area contributed by atoms with Gasteiger partial charge in [0.2, 0.25) is 0 Å². The molecule has 3 heteroatoms. The number of hydrogen-bond acceptors (Lipinski definition) is 1. The summed E-state index contributed by atoms with van der Waals surface area (Å²) in [4.78, 5) is 0. The molecule has 39 heavy (non-hydrogen) atoms. The highest BCUT2D eigenvalue weighted by molar-refractivity contribution is 5.29. The summed E-state index contributed by atoms with van der Waals surface area (Å²) in [5, 5.41) is 0. The van der Waals surface area contributed by atoms with E-state index in [1.54, 1.807) is 12.5 Å². The second kappa shape index (κ2) is 13.4. The predicted molar refractivity (Wildman–Crippen MR) is 159 cm³/mol. The molecular formula is C36H58F2O. The van der Waals surface area contributed by atoms with Gasteiger partial charge >= 0.3 is 0 Å². The molecule has 0 radical (unpaired) electrons. The quantitative estimate of drug-likeness (QED) is 0.280. The van der Waals surface area contributed by atoms with Gasteiger partial charge in [0.05, 0.1) is 6.61 Å². The molecule has 222 valence electrons. The summed E-state index contributed by atoms with van der Waals surface area (Å²) < 4.78 is 35.4. The van der Waals surface area contributed by atoms with E-state index in [2.05, 4.69) is 6.92 Å². The van der Waals surface area contributed by atoms with Gasteiger partial charge in [-0.3, -0.25) is 0 Å². The first kappa shape index (κ1) is 29.6. The first-order chi connectivity index (χ1) is 18.9. The number of halogens is 2. The maximum Gasteiger partial charge on any atom is 0.177 e. The van der Waals surface area contributed by atoms with Gasteiger partial charge in [-0.05, 0) is 137 Å². The lowest BCUT2D eigenvalue weighted by Crippen LogP contribution is -2.37. The summed E-state index contributed by atoms with van der Waals surface area (Å²) in [6.45, 7) is 6.72. The maximum atomic E-state index is 14.8. The fourth-order valence-electron chi connectivity index (χ4n) is 9.92. The van der Waals surface area contributed by atoms with E-state index in [1.807, 2.05) is 19.9 Å². The molecular weight excluding hydrogens is 486 g/mol. The third-order valence-electron chi connectivity index (χ3n) is 12.4. The summed E-state index contributed by atoms with van der Waals surface area (Å²) in [6.07, 6.45) is 26.3. The Morgan fingerprint density at radius 1 is 0.718 bits per heavy atom. The van der Waals surface area contributed by atoms with Crippen LogP contribution in [0.5, 0.6) is 0 Å². The van der Waals surface area contributed by atoms with E-state index in [-0.39, 0.29) is 5.76 Å². The Morgan fingerprint density at radius 3 is 1.72 bits per heavy atom. The average Bonchev–Trinajstić information content (AvgIpc) is 2.96. The van der Waals surface area contributed by atoms with Crippen molar-refractivity contribution in [2.24, 2.45) is 52.8 Å². The molecule has 5 aliphatic rings. The summed E-state index contributed by atoms with van der Waals surface area (Å²) in [5.74, 6) is 6.86. The van der Waals surface area contributed by atoms with Crippen LogP contribution in [0.3, 0.4) is 0 Å². The molecule has 0 heterocycles. The molecule has 0 aliphatic heterocycles. The first-order valence-electron chi connectivity index (χ1n) is 17.3. The number of alkyl halides is 1. The zero-order valence-electron chi connectivity index (χ0n) is 25.5. The van der Waals surface area contributed by atoms with Crippen molar-refractivity contribution in [2.45, 2.75) is 143 Å². The highest BCUT2D eigenvalue weighted by Crippen LogP contribution is 2.52. The molecule has 0 bridgehead atoms. The Morgan fingerprint density at radius 2 is 1.21 bits per heavy atom. The van der Waals surface area contributed by atoms with Crippen molar-refractivity contribution >= 4 is 0 Å². The summed E-state index contributed by atoms with van der Waals surface area (Å²) in [5.41, 5.74) is -0.740. The van der Waals surface area contributed by atoms with Crippen LogP contribution in [-0.2, 0) is 4.74 Å². The Kier molecular flexibility index (Phi) is 10.2. The van der Waals surface area contributed by atoms with Crippen molar-refractivity contribution in [1.82, 2.24) is 0 Å². The summed E-state index contributed by atoms with van der Waals surface area (Å²) in [6, 6.07) is 0. The van der Waals surface area contributed by atoms with E-state index >= 15 is 0 Å². The monoisotopic (exact) mass is 544 g/mol. The molecule has 4 fully saturated rings. The van der Waals surface area contributed by atoms with Crippen LogP contribution >= 0.6 is 0 Å². The molecule has 4 saturated carbocycles. The molecule has 0 N–H and O–H groups in total. The van der Waals surface area contributed by atoms with Gasteiger partial charge < -0.3 is 4.74 Å². The van der Waals surface area contributed by atoms with E-state index in [0.29, 0.717) is 18.9 Å². The van der Waals surface area contributed by atoms with E-state index in [1.165, 1.54) is 96.3 Å². The van der Waals surface area contributed by atoms with Crippen LogP contribution in [-0.4, -0.2) is 12.8 Å². The second-order valence-corrected chi connectivity index (χ2v) is 15.0. The lowest BCUT2D eigenvalue weighted by molar-refractivity contribution is 0.0327. The lowest BCUT2D eigenvalue weighted by atomic mass is 9.58. The number of allylic oxidation sites excluding steroid dienone is 3. The lowest BCUT2D eigenvalue weighted by Gasteiger charge is -2.47. The van der Waals surface area contributed by atoms with Gasteiger partial charge in [0.15, 0.2) is 17.8 Å². The van der Waals surface area contributed by atoms with Crippen LogP contribution < -0.4 is 0 Å². The average molecular weight is 545 g/mol. The van der Waals surface area contributed by atoms with Crippen molar-refractivity contribution in [1.29, 1.82) is 0 Å². The third kappa shape index (κ3) is 6.97. The number of ether oxygens (including phenoxy) is 1. The van der Waals surface area contributed by atoms with Crippen LogP contribution in [0.15, 0.2) is 23.7 Å². The molecule has 1 nitrogen and oxygen atoms in total. The van der Waals surface area contributed by atoms with Crippen molar-refractivity contribution < 1.29 is 13.5 Å². The zero-order valence-corrected chi connectivity index (χ0v) is 25.5. The maximum absolute atomic E-state index is 14.8. The molecule has 6 atom stereocenters. The number of rotatable bonds is 9. The molecule has 0 saturated heterocycles. The summed E-state index contributed by atoms with van der Waals surface area (Å²) >= 11 is 0. The van der Waals surface area contributed by atoms with Crippen LogP contribution in [0, 0.1) is 52.8 Å². The van der Waals surface area contributed by atoms with E-state index in [4.69, 9.17) is 4.74 Å². The molecule has 5 aliphatic carbocycles. The molecule has 0 amide bonds. The summed E-state index contributed by atoms with van der Waals surface area (Å²) in [7, 11) is 0. The fraction of sp³-hybridized carbons (Fsp3) is 0.889. The standard InChI is InChI=1S/C36H58F2O/c1-4-6-25-7-11-27(12-8-25)29-15-17-32-23-30(16-18-31(32)22-29)28-13-9-26(10-14-28)24-39-33-19-21-36(3,20-5-2)35(38)34(33)37/h19,21,25-32,35H,4-18,20,22-24H2,1-3H3. The molecule has 6 unspecified atom stereocenters. The van der Waals surface area contributed by atoms with Crippen molar-refractivity contribution in [3.63, 3.8) is 0 Å². The first-order valence-corrected chi connectivity index (χ1v) is 17.3. The van der Waals surface area contributed by atoms with Crippen LogP contribution in [0.2, 0.25) is 0 Å². The van der Waals surface area contributed by atoms with Gasteiger partial charge in [0.1, 0.15) is 0 Å². The largest absolute Gasteiger partial charge is 0.490 e. The van der Waals surface area contributed by atoms with Gasteiger partial charge in [0.25, 0.3) is 0 Å². The van der Waals surface area contributed by atoms with Crippen LogP contribution in [0.25, 0.3) is 0 Å². The van der Waals surface area contributed by atoms with Gasteiger partial charge in [-0.15, -0.1) is 0 Å². The minimum absolute atomic E-state index is 0.140. The minimum atomic E-state index is -1.58. The van der Waals surface area contributed by atoms with E-state index in [9.17, 15) is 8.78 Å². The van der Waals surface area contributed by atoms with Crippen molar-refractivity contribution in [2.75, 3.05) is 6.61 Å². The fourth-order valence-corrected chi connectivity index (χ4v) is 9.92. The second-order valence-electron chi connectivity index (χ2n) is 15.0. The highest BCUT2D eigenvalue weighted by atomic mass is 19.2. The van der Waals surface area contributed by atoms with Gasteiger partial charge in [-0.2, -0.15) is 0 Å². The third-order valence-corrected chi connectivity index (χ3v) is 12.4. The SMILES string of the molecule is CCCC1CCC(C2CCC3CC(C4CCC(COC5=C(F)C(F)C(C)(CCC)C=C5)CC4)CCC3C2)CC1. The minimum Gasteiger partial charge on any atom is -0.490 e. The molecule has 0 spiro atoms. The Labute approximate surface area is 239 Å². The van der Waals surface area contributed by atoms with E-state index in [0.717, 1.165) is 47.8 Å². The van der Waals surface area contributed by atoms with E-state index < -0.39 is 17.4 Å². The van der Waals surface area contributed by atoms with Crippen LogP contribution in [0.4, 0.5) is 8.78 Å².